The average Bonchev–Trinajstić information content (AvgIpc) is 2.26. The van der Waals surface area contributed by atoms with Crippen LogP contribution in [0.4, 0.5) is 0 Å². The minimum Gasteiger partial charge on any atom is -0.456 e. The summed E-state index contributed by atoms with van der Waals surface area (Å²) in [6.45, 7) is 8.14. The van der Waals surface area contributed by atoms with Crippen LogP contribution in [0.15, 0.2) is 24.3 Å². The number of ether oxygens (including phenoxy) is 1. The van der Waals surface area contributed by atoms with E-state index in [0.29, 0.717) is 11.1 Å². The van der Waals surface area contributed by atoms with Crippen molar-refractivity contribution in [3.05, 3.63) is 35.4 Å². The molecule has 0 radical (unpaired) electrons. The fraction of sp³-hybridized carbons (Fsp3) is 0.438. The second-order valence-corrected chi connectivity index (χ2v) is 5.78. The fourth-order valence-corrected chi connectivity index (χ4v) is 1.90. The van der Waals surface area contributed by atoms with Gasteiger partial charge in [0.2, 0.25) is 0 Å². The van der Waals surface area contributed by atoms with Crippen molar-refractivity contribution in [1.82, 2.24) is 0 Å². The number of benzene rings is 1. The van der Waals surface area contributed by atoms with Crippen LogP contribution >= 0.6 is 0 Å². The molecule has 20 heavy (non-hydrogen) atoms. The van der Waals surface area contributed by atoms with Crippen molar-refractivity contribution in [2.75, 3.05) is 0 Å². The second kappa shape index (κ2) is 5.99. The smallest absolute Gasteiger partial charge is 0.338 e. The molecule has 0 atom stereocenters. The molecule has 0 amide bonds. The number of carbonyl (C=O) groups is 3. The lowest BCUT2D eigenvalue weighted by molar-refractivity contribution is -0.126. The molecule has 1 aromatic rings. The highest BCUT2D eigenvalue weighted by Crippen LogP contribution is 2.20. The number of ketones is 2. The van der Waals surface area contributed by atoms with Crippen LogP contribution in [0, 0.1) is 0 Å². The van der Waals surface area contributed by atoms with Crippen molar-refractivity contribution < 1.29 is 19.1 Å². The van der Waals surface area contributed by atoms with Crippen molar-refractivity contribution in [3.63, 3.8) is 0 Å². The van der Waals surface area contributed by atoms with Crippen LogP contribution in [0.5, 0.6) is 0 Å². The lowest BCUT2D eigenvalue weighted by atomic mass is 9.91. The molecular formula is C16H20O4. The summed E-state index contributed by atoms with van der Waals surface area (Å²) in [6, 6.07) is 6.38. The predicted molar refractivity (Wildman–Crippen MR) is 75.7 cm³/mol. The number of rotatable bonds is 4. The van der Waals surface area contributed by atoms with E-state index in [1.807, 2.05) is 0 Å². The molecule has 0 aromatic heterocycles. The molecule has 0 saturated carbocycles. The fourth-order valence-electron chi connectivity index (χ4n) is 1.90. The first-order valence-electron chi connectivity index (χ1n) is 6.46. The highest BCUT2D eigenvalue weighted by atomic mass is 16.6. The van der Waals surface area contributed by atoms with Crippen molar-refractivity contribution in [2.45, 2.75) is 46.1 Å². The number of hydrogen-bond donors (Lipinski definition) is 0. The zero-order valence-corrected chi connectivity index (χ0v) is 12.5. The highest BCUT2D eigenvalue weighted by Gasteiger charge is 2.22. The molecule has 0 aliphatic rings. The van der Waals surface area contributed by atoms with Gasteiger partial charge in [-0.05, 0) is 52.3 Å². The third kappa shape index (κ3) is 4.30. The van der Waals surface area contributed by atoms with Crippen molar-refractivity contribution in [1.29, 1.82) is 0 Å². The largest absolute Gasteiger partial charge is 0.456 e. The topological polar surface area (TPSA) is 60.4 Å². The molecule has 4 heteroatoms. The Morgan fingerprint density at radius 2 is 1.40 bits per heavy atom. The molecule has 1 aromatic carbocycles. The number of carbonyl (C=O) groups excluding carboxylic acids is 3. The van der Waals surface area contributed by atoms with Gasteiger partial charge in [0.15, 0.2) is 0 Å². The molecule has 0 saturated heterocycles. The molecule has 4 nitrogen and oxygen atoms in total. The molecule has 0 spiro atoms. The first-order chi connectivity index (χ1) is 9.11. The summed E-state index contributed by atoms with van der Waals surface area (Å²) >= 11 is 0. The summed E-state index contributed by atoms with van der Waals surface area (Å²) in [6.07, 6.45) is 0. The molecule has 1 rings (SSSR count). The van der Waals surface area contributed by atoms with Gasteiger partial charge in [-0.25, -0.2) is 4.79 Å². The summed E-state index contributed by atoms with van der Waals surface area (Å²) in [7, 11) is 0. The first-order valence-corrected chi connectivity index (χ1v) is 6.46. The summed E-state index contributed by atoms with van der Waals surface area (Å²) < 4.78 is 5.25. The van der Waals surface area contributed by atoms with Gasteiger partial charge in [-0.2, -0.15) is 0 Å². The van der Waals surface area contributed by atoms with Gasteiger partial charge < -0.3 is 4.74 Å². The Hall–Kier alpha value is -1.97. The van der Waals surface area contributed by atoms with Crippen molar-refractivity contribution in [3.8, 4) is 0 Å². The zero-order valence-electron chi connectivity index (χ0n) is 12.5. The van der Waals surface area contributed by atoms with Crippen LogP contribution in [0.3, 0.4) is 0 Å². The van der Waals surface area contributed by atoms with E-state index in [-0.39, 0.29) is 11.6 Å². The van der Waals surface area contributed by atoms with Gasteiger partial charge >= 0.3 is 5.97 Å². The summed E-state index contributed by atoms with van der Waals surface area (Å²) in [5.41, 5.74) is 0.434. The number of esters is 1. The van der Waals surface area contributed by atoms with Crippen LogP contribution in [0.1, 0.15) is 56.5 Å². The molecule has 0 bridgehead atoms. The Morgan fingerprint density at radius 1 is 0.950 bits per heavy atom. The van der Waals surface area contributed by atoms with Crippen molar-refractivity contribution in [2.24, 2.45) is 0 Å². The van der Waals surface area contributed by atoms with Gasteiger partial charge in [-0.15, -0.1) is 0 Å². The molecule has 0 unspecified atom stereocenters. The predicted octanol–water partition coefficient (Wildman–Crippen LogP) is 2.90. The van der Waals surface area contributed by atoms with Crippen LogP contribution in [0.25, 0.3) is 0 Å². The summed E-state index contributed by atoms with van der Waals surface area (Å²) in [4.78, 5) is 34.8. The van der Waals surface area contributed by atoms with Gasteiger partial charge in [-0.3, -0.25) is 9.59 Å². The molecular weight excluding hydrogens is 256 g/mol. The van der Waals surface area contributed by atoms with E-state index in [1.54, 1.807) is 45.0 Å². The maximum atomic E-state index is 11.9. The zero-order chi connectivity index (χ0) is 15.5. The summed E-state index contributed by atoms with van der Waals surface area (Å²) in [5, 5.41) is 0. The normalized spacial score (nSPS) is 11.3. The van der Waals surface area contributed by atoms with Crippen LogP contribution in [0.2, 0.25) is 0 Å². The quantitative estimate of drug-likeness (QED) is 0.626. The second-order valence-electron chi connectivity index (χ2n) is 5.78. The summed E-state index contributed by atoms with van der Waals surface area (Å²) in [5.74, 6) is -1.60. The van der Waals surface area contributed by atoms with E-state index in [2.05, 4.69) is 0 Å². The minimum atomic E-state index is -0.761. The van der Waals surface area contributed by atoms with Gasteiger partial charge in [-0.1, -0.05) is 12.1 Å². The van der Waals surface area contributed by atoms with E-state index in [1.165, 1.54) is 13.8 Å². The monoisotopic (exact) mass is 276 g/mol. The van der Waals surface area contributed by atoms with E-state index in [9.17, 15) is 14.4 Å². The van der Waals surface area contributed by atoms with Gasteiger partial charge in [0, 0.05) is 0 Å². The molecule has 0 N–H and O–H groups in total. The van der Waals surface area contributed by atoms with E-state index in [0.717, 1.165) is 0 Å². The maximum Gasteiger partial charge on any atom is 0.338 e. The highest BCUT2D eigenvalue weighted by molar-refractivity contribution is 6.05. The maximum absolute atomic E-state index is 11.9. The Labute approximate surface area is 119 Å². The van der Waals surface area contributed by atoms with E-state index < -0.39 is 17.5 Å². The lowest BCUT2D eigenvalue weighted by Gasteiger charge is -2.19. The molecule has 0 aliphatic carbocycles. The average molecular weight is 276 g/mol. The standard InChI is InChI=1S/C16H20O4/c1-10(17)14(11(2)18)12-6-8-13(9-7-12)15(19)20-16(3,4)5/h6-9,14H,1-5H3. The van der Waals surface area contributed by atoms with Crippen LogP contribution < -0.4 is 0 Å². The molecule has 0 fully saturated rings. The van der Waals surface area contributed by atoms with Crippen LogP contribution in [-0.4, -0.2) is 23.1 Å². The Balaban J connectivity index is 2.96. The van der Waals surface area contributed by atoms with Crippen molar-refractivity contribution >= 4 is 17.5 Å². The van der Waals surface area contributed by atoms with Gasteiger partial charge in [0.05, 0.1) is 5.56 Å². The number of hydrogen-bond acceptors (Lipinski definition) is 4. The van der Waals surface area contributed by atoms with Crippen LogP contribution in [-0.2, 0) is 14.3 Å². The molecule has 0 aliphatic heterocycles. The minimum absolute atomic E-state index is 0.206. The SMILES string of the molecule is CC(=O)C(C(C)=O)c1ccc(C(=O)OC(C)(C)C)cc1. The van der Waals surface area contributed by atoms with E-state index in [4.69, 9.17) is 4.74 Å². The first kappa shape index (κ1) is 16.1. The Kier molecular flexibility index (Phi) is 4.82. The van der Waals surface area contributed by atoms with E-state index >= 15 is 0 Å². The Morgan fingerprint density at radius 3 is 1.75 bits per heavy atom. The lowest BCUT2D eigenvalue weighted by Crippen LogP contribution is -2.24. The third-order valence-electron chi connectivity index (χ3n) is 2.69. The van der Waals surface area contributed by atoms with Gasteiger partial charge in [0.1, 0.15) is 23.1 Å². The molecule has 0 heterocycles. The van der Waals surface area contributed by atoms with Gasteiger partial charge in [0.25, 0.3) is 0 Å². The number of Topliss-reactive ketones (excluding diaryl/α,β-unsaturated/α-hetero) is 2. The molecule has 108 valence electrons. The third-order valence-corrected chi connectivity index (χ3v) is 2.69. The Bertz CT molecular complexity index is 506.